The summed E-state index contributed by atoms with van der Waals surface area (Å²) in [6, 6.07) is 1.02. The number of aliphatic hydroxyl groups is 2. The lowest BCUT2D eigenvalue weighted by Gasteiger charge is -2.55. The Kier molecular flexibility index (Phi) is 6.88. The van der Waals surface area contributed by atoms with Gasteiger partial charge >= 0.3 is 0 Å². The van der Waals surface area contributed by atoms with E-state index in [2.05, 4.69) is 0 Å². The molecule has 0 bridgehead atoms. The van der Waals surface area contributed by atoms with Gasteiger partial charge in [-0.2, -0.15) is 0 Å². The van der Waals surface area contributed by atoms with Crippen molar-refractivity contribution in [3.05, 3.63) is 22.8 Å². The van der Waals surface area contributed by atoms with Gasteiger partial charge in [0, 0.05) is 31.7 Å². The Balaban J connectivity index is 1.62. The monoisotopic (exact) mass is 541 g/mol. The quantitative estimate of drug-likeness (QED) is 0.388. The number of nitrogens with zero attached hydrogens (tertiary/aromatic N) is 2. The van der Waals surface area contributed by atoms with E-state index in [0.29, 0.717) is 29.9 Å². The van der Waals surface area contributed by atoms with E-state index < -0.39 is 64.7 Å². The summed E-state index contributed by atoms with van der Waals surface area (Å²) in [6.07, 6.45) is 3.90. The summed E-state index contributed by atoms with van der Waals surface area (Å²) in [5, 5.41) is 34.2. The highest BCUT2D eigenvalue weighted by molar-refractivity contribution is 6.25. The fourth-order valence-corrected chi connectivity index (χ4v) is 8.00. The second kappa shape index (κ2) is 9.67. The summed E-state index contributed by atoms with van der Waals surface area (Å²) in [7, 11) is 7.01. The van der Waals surface area contributed by atoms with E-state index in [4.69, 9.17) is 5.73 Å². The van der Waals surface area contributed by atoms with Gasteiger partial charge in [0.1, 0.15) is 11.7 Å². The van der Waals surface area contributed by atoms with E-state index in [1.54, 1.807) is 19.0 Å². The number of benzene rings is 1. The van der Waals surface area contributed by atoms with E-state index in [0.717, 1.165) is 31.4 Å². The van der Waals surface area contributed by atoms with Crippen LogP contribution in [0.2, 0.25) is 0 Å². The molecule has 212 valence electrons. The van der Waals surface area contributed by atoms with Crippen molar-refractivity contribution in [2.24, 2.45) is 35.3 Å². The van der Waals surface area contributed by atoms with Gasteiger partial charge in [0.2, 0.25) is 5.91 Å². The lowest BCUT2D eigenvalue weighted by atomic mass is 9.52. The van der Waals surface area contributed by atoms with Crippen LogP contribution in [0.5, 0.6) is 5.75 Å². The molecule has 0 spiro atoms. The van der Waals surface area contributed by atoms with Crippen LogP contribution in [0.3, 0.4) is 0 Å². The third-order valence-corrected chi connectivity index (χ3v) is 9.81. The molecule has 1 aromatic carbocycles. The van der Waals surface area contributed by atoms with Crippen LogP contribution in [0.25, 0.3) is 0 Å². The molecule has 10 heteroatoms. The number of carbonyl (C=O) groups is 4. The first-order valence-electron chi connectivity index (χ1n) is 13.8. The SMILES string of the molecule is CN(C)c1cc(CC2CCCC2)c(O)c2c1C[C@@H]1C[C@@H]3[C@@H](N(C)C)C(O)C(C(N)=O)C(=O)[C@]3(O)C(=O)C1C2=O. The zero-order chi connectivity index (χ0) is 28.5. The molecule has 7 atom stereocenters. The number of hydrogen-bond acceptors (Lipinski definition) is 9. The van der Waals surface area contributed by atoms with Gasteiger partial charge in [0.25, 0.3) is 0 Å². The lowest BCUT2D eigenvalue weighted by Crippen LogP contribution is -2.75. The van der Waals surface area contributed by atoms with Crippen LogP contribution >= 0.6 is 0 Å². The number of anilines is 1. The zero-order valence-electron chi connectivity index (χ0n) is 23.0. The predicted octanol–water partition coefficient (Wildman–Crippen LogP) is 0.458. The molecule has 0 aromatic heterocycles. The van der Waals surface area contributed by atoms with Gasteiger partial charge in [-0.05, 0) is 62.4 Å². The summed E-state index contributed by atoms with van der Waals surface area (Å²) in [4.78, 5) is 57.3. The van der Waals surface area contributed by atoms with Crippen molar-refractivity contribution >= 4 is 28.9 Å². The molecule has 4 aliphatic carbocycles. The smallest absolute Gasteiger partial charge is 0.230 e. The summed E-state index contributed by atoms with van der Waals surface area (Å²) in [5.74, 6) is -8.29. The summed E-state index contributed by atoms with van der Waals surface area (Å²) < 4.78 is 0. The van der Waals surface area contributed by atoms with Gasteiger partial charge in [-0.1, -0.05) is 25.7 Å². The Bertz CT molecular complexity index is 1240. The lowest BCUT2D eigenvalue weighted by molar-refractivity contribution is -0.190. The van der Waals surface area contributed by atoms with Crippen molar-refractivity contribution in [1.82, 2.24) is 4.90 Å². The van der Waals surface area contributed by atoms with Crippen molar-refractivity contribution in [3.63, 3.8) is 0 Å². The third-order valence-electron chi connectivity index (χ3n) is 9.81. The number of amides is 1. The number of likely N-dealkylation sites (N-methyl/N-ethyl adjacent to an activating group) is 1. The van der Waals surface area contributed by atoms with Gasteiger partial charge < -0.3 is 30.9 Å². The van der Waals surface area contributed by atoms with Crippen molar-refractivity contribution in [2.75, 3.05) is 33.1 Å². The van der Waals surface area contributed by atoms with Crippen molar-refractivity contribution in [2.45, 2.75) is 62.7 Å². The van der Waals surface area contributed by atoms with Crippen molar-refractivity contribution < 1.29 is 34.5 Å². The minimum Gasteiger partial charge on any atom is -0.507 e. The Morgan fingerprint density at radius 2 is 1.74 bits per heavy atom. The maximum atomic E-state index is 14.1. The van der Waals surface area contributed by atoms with Gasteiger partial charge in [0.15, 0.2) is 23.0 Å². The topological polar surface area (TPSA) is 161 Å². The number of carbonyl (C=O) groups excluding carboxylic acids is 4. The normalized spacial score (nSPS) is 34.6. The first kappa shape index (κ1) is 27.7. The first-order valence-corrected chi connectivity index (χ1v) is 13.8. The Hall–Kier alpha value is -2.82. The van der Waals surface area contributed by atoms with Crippen LogP contribution in [0.15, 0.2) is 6.07 Å². The molecule has 1 amide bonds. The molecule has 10 nitrogen and oxygen atoms in total. The molecular weight excluding hydrogens is 502 g/mol. The number of nitrogens with two attached hydrogens (primary N) is 1. The maximum Gasteiger partial charge on any atom is 0.230 e. The summed E-state index contributed by atoms with van der Waals surface area (Å²) in [5.41, 5.74) is 4.99. The van der Waals surface area contributed by atoms with E-state index in [1.807, 2.05) is 25.1 Å². The highest BCUT2D eigenvalue weighted by atomic mass is 16.3. The molecule has 0 saturated heterocycles. The number of primary amides is 1. The van der Waals surface area contributed by atoms with E-state index in [9.17, 15) is 34.5 Å². The molecule has 3 fully saturated rings. The van der Waals surface area contributed by atoms with Gasteiger partial charge in [-0.25, -0.2) is 0 Å². The average molecular weight is 542 g/mol. The number of hydrogen-bond donors (Lipinski definition) is 4. The maximum absolute atomic E-state index is 14.1. The number of phenols is 1. The van der Waals surface area contributed by atoms with E-state index in [1.165, 1.54) is 0 Å². The highest BCUT2D eigenvalue weighted by Gasteiger charge is 2.69. The number of aliphatic hydroxyl groups excluding tert-OH is 1. The minimum absolute atomic E-state index is 0.0877. The molecule has 3 unspecified atom stereocenters. The second-order valence-electron chi connectivity index (χ2n) is 12.5. The highest BCUT2D eigenvalue weighted by Crippen LogP contribution is 2.53. The molecule has 0 heterocycles. The predicted molar refractivity (Wildman–Crippen MR) is 142 cm³/mol. The van der Waals surface area contributed by atoms with Gasteiger partial charge in [-0.3, -0.25) is 19.2 Å². The standard InChI is InChI=1S/C29H39N3O7/c1-31(2)18-12-15(9-13-7-5-6-8-13)23(33)20-16(18)10-14-11-17-22(32(3)4)25(35)21(28(30)38)27(37)29(17,39)26(36)19(14)24(20)34/h12-14,17,19,21-22,25,33,35,39H,5-11H2,1-4H3,(H2,30,38)/t14-,17-,19?,21?,22-,25?,29-/m1/s1. The van der Waals surface area contributed by atoms with Crippen LogP contribution in [-0.4, -0.2) is 89.4 Å². The number of aromatic hydroxyl groups is 1. The fourth-order valence-electron chi connectivity index (χ4n) is 8.00. The molecule has 39 heavy (non-hydrogen) atoms. The number of fused-ring (bicyclic) bond motifs is 3. The Labute approximate surface area is 228 Å². The van der Waals surface area contributed by atoms with Crippen LogP contribution in [0.1, 0.15) is 53.6 Å². The van der Waals surface area contributed by atoms with E-state index in [-0.39, 0.29) is 17.7 Å². The van der Waals surface area contributed by atoms with E-state index >= 15 is 0 Å². The molecule has 1 aromatic rings. The number of Topliss-reactive ketones (excluding diaryl/α,β-unsaturated/α-hetero) is 3. The Morgan fingerprint density at radius 1 is 1.10 bits per heavy atom. The molecule has 5 rings (SSSR count). The molecular formula is C29H39N3O7. The first-order chi connectivity index (χ1) is 18.3. The fraction of sp³-hybridized carbons (Fsp3) is 0.655. The second-order valence-corrected chi connectivity index (χ2v) is 12.5. The summed E-state index contributed by atoms with van der Waals surface area (Å²) in [6.45, 7) is 0. The number of rotatable bonds is 5. The van der Waals surface area contributed by atoms with Gasteiger partial charge in [-0.15, -0.1) is 0 Å². The number of ketones is 3. The van der Waals surface area contributed by atoms with Crippen molar-refractivity contribution in [3.8, 4) is 5.75 Å². The summed E-state index contributed by atoms with van der Waals surface area (Å²) >= 11 is 0. The molecule has 0 radical (unpaired) electrons. The van der Waals surface area contributed by atoms with Crippen molar-refractivity contribution in [1.29, 1.82) is 0 Å². The van der Waals surface area contributed by atoms with Crippen LogP contribution in [0.4, 0.5) is 5.69 Å². The molecule has 5 N–H and O–H groups in total. The molecule has 4 aliphatic rings. The average Bonchev–Trinajstić information content (AvgIpc) is 3.35. The number of phenolic OH excluding ortho intramolecular Hbond substituents is 1. The molecule has 0 aliphatic heterocycles. The zero-order valence-corrected chi connectivity index (χ0v) is 23.0. The van der Waals surface area contributed by atoms with Gasteiger partial charge in [0.05, 0.1) is 17.6 Å². The van der Waals surface area contributed by atoms with Crippen LogP contribution in [0, 0.1) is 29.6 Å². The van der Waals surface area contributed by atoms with Crippen LogP contribution in [-0.2, 0) is 27.2 Å². The minimum atomic E-state index is -2.65. The molecule has 3 saturated carbocycles. The largest absolute Gasteiger partial charge is 0.507 e. The third kappa shape index (κ3) is 4.02. The Morgan fingerprint density at radius 3 is 2.31 bits per heavy atom. The van der Waals surface area contributed by atoms with Crippen LogP contribution < -0.4 is 10.6 Å².